The van der Waals surface area contributed by atoms with Crippen LogP contribution < -0.4 is 4.74 Å². The summed E-state index contributed by atoms with van der Waals surface area (Å²) in [6.07, 6.45) is 0. The molecule has 0 bridgehead atoms. The maximum Gasteiger partial charge on any atom is 0.140 e. The molecule has 1 aromatic carbocycles. The summed E-state index contributed by atoms with van der Waals surface area (Å²) in [5.74, 6) is 0.943. The minimum absolute atomic E-state index is 0.106. The third-order valence-corrected chi connectivity index (χ3v) is 3.82. The maximum absolute atomic E-state index is 5.85. The van der Waals surface area contributed by atoms with E-state index in [1.165, 1.54) is 11.1 Å². The lowest BCUT2D eigenvalue weighted by Crippen LogP contribution is -2.11. The van der Waals surface area contributed by atoms with Crippen LogP contribution in [0.25, 0.3) is 0 Å². The minimum atomic E-state index is 0.106. The van der Waals surface area contributed by atoms with Crippen molar-refractivity contribution in [2.45, 2.75) is 46.6 Å². The molecule has 102 valence electrons. The molecular formula is C16H21NOS. The van der Waals surface area contributed by atoms with Crippen LogP contribution in [0.3, 0.4) is 0 Å². The van der Waals surface area contributed by atoms with Crippen LogP contribution in [0.4, 0.5) is 0 Å². The highest BCUT2D eigenvalue weighted by Crippen LogP contribution is 2.25. The molecule has 0 spiro atoms. The smallest absolute Gasteiger partial charge is 0.140 e. The third-order valence-electron chi connectivity index (χ3n) is 3.00. The molecule has 0 aliphatic carbocycles. The Morgan fingerprint density at radius 3 is 2.53 bits per heavy atom. The van der Waals surface area contributed by atoms with E-state index in [0.717, 1.165) is 16.5 Å². The summed E-state index contributed by atoms with van der Waals surface area (Å²) in [6.45, 7) is 11.2. The van der Waals surface area contributed by atoms with Gasteiger partial charge in [-0.05, 0) is 25.5 Å². The van der Waals surface area contributed by atoms with Crippen LogP contribution in [0, 0.1) is 13.8 Å². The molecule has 0 unspecified atom stereocenters. The van der Waals surface area contributed by atoms with Gasteiger partial charge in [0.1, 0.15) is 17.4 Å². The minimum Gasteiger partial charge on any atom is -0.486 e. The molecule has 0 saturated heterocycles. The van der Waals surface area contributed by atoms with Gasteiger partial charge in [0, 0.05) is 10.8 Å². The lowest BCUT2D eigenvalue weighted by molar-refractivity contribution is 0.302. The number of benzene rings is 1. The molecule has 0 fully saturated rings. The van der Waals surface area contributed by atoms with Gasteiger partial charge in [-0.15, -0.1) is 11.3 Å². The van der Waals surface area contributed by atoms with Crippen LogP contribution in [-0.4, -0.2) is 4.98 Å². The Kier molecular flexibility index (Phi) is 3.95. The molecule has 0 radical (unpaired) electrons. The predicted octanol–water partition coefficient (Wildman–Crippen LogP) is 4.64. The summed E-state index contributed by atoms with van der Waals surface area (Å²) in [4.78, 5) is 4.64. The van der Waals surface area contributed by atoms with Gasteiger partial charge in [0.15, 0.2) is 0 Å². The quantitative estimate of drug-likeness (QED) is 0.814. The summed E-state index contributed by atoms with van der Waals surface area (Å²) < 4.78 is 5.85. The number of nitrogens with zero attached hydrogens (tertiary/aromatic N) is 1. The number of thiazole rings is 1. The summed E-state index contributed by atoms with van der Waals surface area (Å²) in [5.41, 5.74) is 3.67. The van der Waals surface area contributed by atoms with E-state index in [-0.39, 0.29) is 5.41 Å². The first-order valence-corrected chi connectivity index (χ1v) is 7.39. The molecule has 0 atom stereocenters. The molecule has 0 aliphatic heterocycles. The van der Waals surface area contributed by atoms with Gasteiger partial charge in [0.05, 0.1) is 5.69 Å². The molecule has 2 rings (SSSR count). The average Bonchev–Trinajstić information content (AvgIpc) is 2.76. The number of hydrogen-bond acceptors (Lipinski definition) is 3. The molecule has 1 aromatic heterocycles. The molecule has 0 amide bonds. The molecule has 0 saturated carbocycles. The highest BCUT2D eigenvalue weighted by Gasteiger charge is 2.17. The fraction of sp³-hybridized carbons (Fsp3) is 0.438. The van der Waals surface area contributed by atoms with E-state index in [2.05, 4.69) is 57.1 Å². The van der Waals surface area contributed by atoms with Gasteiger partial charge in [-0.25, -0.2) is 4.98 Å². The van der Waals surface area contributed by atoms with Crippen molar-refractivity contribution in [2.75, 3.05) is 0 Å². The van der Waals surface area contributed by atoms with Crippen molar-refractivity contribution in [3.05, 3.63) is 45.4 Å². The standard InChI is InChI=1S/C16H21NOS/c1-11-6-7-13(12(2)8-11)18-9-15-17-14(10-19-15)16(3,4)5/h6-8,10H,9H2,1-5H3. The Bertz CT molecular complexity index is 566. The van der Waals surface area contributed by atoms with Crippen LogP contribution in [0.1, 0.15) is 42.6 Å². The van der Waals surface area contributed by atoms with Crippen molar-refractivity contribution in [1.82, 2.24) is 4.98 Å². The molecule has 3 heteroatoms. The highest BCUT2D eigenvalue weighted by molar-refractivity contribution is 7.09. The summed E-state index contributed by atoms with van der Waals surface area (Å²) in [5, 5.41) is 3.16. The van der Waals surface area contributed by atoms with Crippen molar-refractivity contribution >= 4 is 11.3 Å². The maximum atomic E-state index is 5.85. The third kappa shape index (κ3) is 3.57. The average molecular weight is 275 g/mol. The van der Waals surface area contributed by atoms with E-state index in [1.807, 2.05) is 6.07 Å². The van der Waals surface area contributed by atoms with Gasteiger partial charge in [-0.3, -0.25) is 0 Å². The molecule has 0 aliphatic rings. The fourth-order valence-corrected chi connectivity index (χ4v) is 2.75. The van der Waals surface area contributed by atoms with Crippen molar-refractivity contribution in [3.63, 3.8) is 0 Å². The van der Waals surface area contributed by atoms with Gasteiger partial charge in [0.25, 0.3) is 0 Å². The summed E-state index contributed by atoms with van der Waals surface area (Å²) in [7, 11) is 0. The number of ether oxygens (including phenoxy) is 1. The first kappa shape index (κ1) is 14.1. The van der Waals surface area contributed by atoms with Gasteiger partial charge < -0.3 is 4.74 Å². The number of rotatable bonds is 3. The zero-order valence-corrected chi connectivity index (χ0v) is 13.1. The predicted molar refractivity (Wildman–Crippen MR) is 81.1 cm³/mol. The van der Waals surface area contributed by atoms with Gasteiger partial charge in [-0.2, -0.15) is 0 Å². The van der Waals surface area contributed by atoms with Crippen LogP contribution in [0.2, 0.25) is 0 Å². The second-order valence-electron chi connectivity index (χ2n) is 5.93. The van der Waals surface area contributed by atoms with E-state index in [9.17, 15) is 0 Å². The van der Waals surface area contributed by atoms with Gasteiger partial charge in [-0.1, -0.05) is 38.5 Å². The van der Waals surface area contributed by atoms with Gasteiger partial charge >= 0.3 is 0 Å². The first-order chi connectivity index (χ1) is 8.86. The summed E-state index contributed by atoms with van der Waals surface area (Å²) in [6, 6.07) is 6.24. The molecule has 1 heterocycles. The zero-order valence-electron chi connectivity index (χ0n) is 12.3. The molecule has 0 N–H and O–H groups in total. The molecule has 2 nitrogen and oxygen atoms in total. The van der Waals surface area contributed by atoms with Gasteiger partial charge in [0.2, 0.25) is 0 Å². The van der Waals surface area contributed by atoms with Crippen molar-refractivity contribution in [1.29, 1.82) is 0 Å². The molecular weight excluding hydrogens is 254 g/mol. The second kappa shape index (κ2) is 5.33. The van der Waals surface area contributed by atoms with Crippen LogP contribution >= 0.6 is 11.3 Å². The Balaban J connectivity index is 2.04. The second-order valence-corrected chi connectivity index (χ2v) is 6.88. The van der Waals surface area contributed by atoms with E-state index in [4.69, 9.17) is 4.74 Å². The highest BCUT2D eigenvalue weighted by atomic mass is 32.1. The number of aryl methyl sites for hydroxylation is 2. The van der Waals surface area contributed by atoms with Crippen LogP contribution in [0.15, 0.2) is 23.6 Å². The molecule has 19 heavy (non-hydrogen) atoms. The number of hydrogen-bond donors (Lipinski definition) is 0. The van der Waals surface area contributed by atoms with E-state index >= 15 is 0 Å². The van der Waals surface area contributed by atoms with Crippen molar-refractivity contribution in [3.8, 4) is 5.75 Å². The van der Waals surface area contributed by atoms with Crippen LogP contribution in [-0.2, 0) is 12.0 Å². The Hall–Kier alpha value is -1.35. The lowest BCUT2D eigenvalue weighted by Gasteiger charge is -2.14. The van der Waals surface area contributed by atoms with Crippen molar-refractivity contribution < 1.29 is 4.74 Å². The van der Waals surface area contributed by atoms with E-state index < -0.39 is 0 Å². The topological polar surface area (TPSA) is 22.1 Å². The zero-order chi connectivity index (χ0) is 14.0. The fourth-order valence-electron chi connectivity index (χ4n) is 1.82. The Morgan fingerprint density at radius 2 is 1.95 bits per heavy atom. The normalized spacial score (nSPS) is 11.6. The first-order valence-electron chi connectivity index (χ1n) is 6.51. The van der Waals surface area contributed by atoms with E-state index in [0.29, 0.717) is 6.61 Å². The van der Waals surface area contributed by atoms with Crippen LogP contribution in [0.5, 0.6) is 5.75 Å². The van der Waals surface area contributed by atoms with E-state index in [1.54, 1.807) is 11.3 Å². The Morgan fingerprint density at radius 1 is 1.21 bits per heavy atom. The largest absolute Gasteiger partial charge is 0.486 e. The number of aromatic nitrogens is 1. The Labute approximate surface area is 119 Å². The monoisotopic (exact) mass is 275 g/mol. The van der Waals surface area contributed by atoms with Crippen molar-refractivity contribution in [2.24, 2.45) is 0 Å². The molecule has 2 aromatic rings. The lowest BCUT2D eigenvalue weighted by atomic mass is 9.93. The summed E-state index contributed by atoms with van der Waals surface area (Å²) >= 11 is 1.67. The SMILES string of the molecule is Cc1ccc(OCc2nc(C(C)(C)C)cs2)c(C)c1.